The van der Waals surface area contributed by atoms with Crippen LogP contribution in [-0.4, -0.2) is 9.97 Å². The molecule has 0 aliphatic heterocycles. The van der Waals surface area contributed by atoms with Gasteiger partial charge in [0.25, 0.3) is 0 Å². The van der Waals surface area contributed by atoms with Crippen LogP contribution in [0.3, 0.4) is 0 Å². The van der Waals surface area contributed by atoms with Crippen LogP contribution in [0.15, 0.2) is 28.9 Å². The highest BCUT2D eigenvalue weighted by atomic mass is 35.5. The minimum atomic E-state index is 0.340. The van der Waals surface area contributed by atoms with Crippen molar-refractivity contribution in [2.45, 2.75) is 12.8 Å². The topological polar surface area (TPSA) is 38.9 Å². The quantitative estimate of drug-likeness (QED) is 0.713. The summed E-state index contributed by atoms with van der Waals surface area (Å²) >= 11 is 5.62. The normalized spacial score (nSPS) is 10.4. The first-order chi connectivity index (χ1) is 6.81. The molecule has 0 fully saturated rings. The lowest BCUT2D eigenvalue weighted by Crippen LogP contribution is -1.85. The largest absolute Gasteiger partial charge is 0.440 e. The van der Waals surface area contributed by atoms with Crippen LogP contribution in [0.2, 0.25) is 0 Å². The van der Waals surface area contributed by atoms with Gasteiger partial charge in [-0.3, -0.25) is 4.98 Å². The molecule has 0 saturated carbocycles. The smallest absolute Gasteiger partial charge is 0.228 e. The monoisotopic (exact) mass is 208 g/mol. The van der Waals surface area contributed by atoms with E-state index in [0.29, 0.717) is 17.5 Å². The summed E-state index contributed by atoms with van der Waals surface area (Å²) in [6.07, 6.45) is 3.37. The lowest BCUT2D eigenvalue weighted by atomic mass is 10.2. The van der Waals surface area contributed by atoms with Gasteiger partial charge < -0.3 is 4.42 Å². The number of aryl methyl sites for hydroxylation is 1. The molecule has 0 N–H and O–H groups in total. The van der Waals surface area contributed by atoms with E-state index in [1.54, 1.807) is 12.4 Å². The molecule has 0 unspecified atom stereocenters. The van der Waals surface area contributed by atoms with Gasteiger partial charge in [-0.05, 0) is 19.1 Å². The van der Waals surface area contributed by atoms with Crippen LogP contribution >= 0.6 is 11.6 Å². The number of oxazole rings is 1. The molecule has 2 aromatic rings. The first kappa shape index (κ1) is 9.21. The van der Waals surface area contributed by atoms with Gasteiger partial charge in [-0.1, -0.05) is 0 Å². The molecule has 0 bridgehead atoms. The number of aromatic nitrogens is 2. The van der Waals surface area contributed by atoms with Crippen molar-refractivity contribution in [1.29, 1.82) is 0 Å². The van der Waals surface area contributed by atoms with Gasteiger partial charge >= 0.3 is 0 Å². The van der Waals surface area contributed by atoms with Crippen LogP contribution < -0.4 is 0 Å². The van der Waals surface area contributed by atoms with Crippen LogP contribution in [0.4, 0.5) is 0 Å². The average Bonchev–Trinajstić information content (AvgIpc) is 2.67. The summed E-state index contributed by atoms with van der Waals surface area (Å²) in [6.45, 7) is 1.92. The Morgan fingerprint density at radius 2 is 2.29 bits per heavy atom. The molecule has 0 aromatic carbocycles. The fraction of sp³-hybridized carbons (Fsp3) is 0.200. The number of rotatable bonds is 2. The number of alkyl halides is 1. The first-order valence-electron chi connectivity index (χ1n) is 4.24. The molecule has 0 aliphatic rings. The third-order valence-electron chi connectivity index (χ3n) is 1.92. The average molecular weight is 209 g/mol. The van der Waals surface area contributed by atoms with Gasteiger partial charge in [-0.15, -0.1) is 11.6 Å². The minimum Gasteiger partial charge on any atom is -0.440 e. The predicted octanol–water partition coefficient (Wildman–Crippen LogP) is 2.78. The van der Waals surface area contributed by atoms with E-state index in [-0.39, 0.29) is 0 Å². The Bertz CT molecular complexity index is 439. The molecule has 0 atom stereocenters. The SMILES string of the molecule is Cc1ncccc1-c1ncc(CCl)o1. The van der Waals surface area contributed by atoms with Crippen LogP contribution in [0.25, 0.3) is 11.5 Å². The number of nitrogens with zero attached hydrogens (tertiary/aromatic N) is 2. The minimum absolute atomic E-state index is 0.340. The molecule has 0 saturated heterocycles. The zero-order chi connectivity index (χ0) is 9.97. The second-order valence-corrected chi connectivity index (χ2v) is 3.17. The van der Waals surface area contributed by atoms with Crippen molar-refractivity contribution in [3.05, 3.63) is 36.0 Å². The van der Waals surface area contributed by atoms with E-state index in [2.05, 4.69) is 9.97 Å². The Labute approximate surface area is 86.8 Å². The third kappa shape index (κ3) is 1.63. The third-order valence-corrected chi connectivity index (χ3v) is 2.19. The molecular formula is C10H9ClN2O. The van der Waals surface area contributed by atoms with E-state index in [1.807, 2.05) is 19.1 Å². The van der Waals surface area contributed by atoms with Gasteiger partial charge in [0.2, 0.25) is 5.89 Å². The number of hydrogen-bond acceptors (Lipinski definition) is 3. The van der Waals surface area contributed by atoms with Crippen LogP contribution in [0.5, 0.6) is 0 Å². The molecule has 0 radical (unpaired) electrons. The Kier molecular flexibility index (Phi) is 2.50. The van der Waals surface area contributed by atoms with E-state index < -0.39 is 0 Å². The summed E-state index contributed by atoms with van der Waals surface area (Å²) in [5.41, 5.74) is 1.80. The highest BCUT2D eigenvalue weighted by Gasteiger charge is 2.08. The number of hydrogen-bond donors (Lipinski definition) is 0. The second-order valence-electron chi connectivity index (χ2n) is 2.90. The second kappa shape index (κ2) is 3.80. The van der Waals surface area contributed by atoms with Crippen LogP contribution in [0, 0.1) is 6.92 Å². The summed E-state index contributed by atoms with van der Waals surface area (Å²) in [7, 11) is 0. The number of halogens is 1. The lowest BCUT2D eigenvalue weighted by Gasteiger charge is -1.98. The predicted molar refractivity (Wildman–Crippen MR) is 54.0 cm³/mol. The summed E-state index contributed by atoms with van der Waals surface area (Å²) in [5, 5.41) is 0. The molecule has 2 rings (SSSR count). The first-order valence-corrected chi connectivity index (χ1v) is 4.77. The summed E-state index contributed by atoms with van der Waals surface area (Å²) in [4.78, 5) is 8.28. The standard InChI is InChI=1S/C10H9ClN2O/c1-7-9(3-2-4-12-7)10-13-6-8(5-11)14-10/h2-4,6H,5H2,1H3. The van der Waals surface area contributed by atoms with Gasteiger partial charge in [0, 0.05) is 11.9 Å². The summed E-state index contributed by atoms with van der Waals surface area (Å²) < 4.78 is 5.42. The maximum atomic E-state index is 5.62. The molecule has 72 valence electrons. The molecule has 3 nitrogen and oxygen atoms in total. The van der Waals surface area contributed by atoms with Gasteiger partial charge in [0.1, 0.15) is 5.76 Å². The van der Waals surface area contributed by atoms with E-state index >= 15 is 0 Å². The van der Waals surface area contributed by atoms with Crippen molar-refractivity contribution < 1.29 is 4.42 Å². The molecule has 0 spiro atoms. The van der Waals surface area contributed by atoms with Crippen molar-refractivity contribution in [2.24, 2.45) is 0 Å². The molecule has 0 aliphatic carbocycles. The Hall–Kier alpha value is -1.35. The maximum Gasteiger partial charge on any atom is 0.228 e. The summed E-state index contributed by atoms with van der Waals surface area (Å²) in [6, 6.07) is 3.78. The van der Waals surface area contributed by atoms with Crippen molar-refractivity contribution >= 4 is 11.6 Å². The Morgan fingerprint density at radius 1 is 1.43 bits per heavy atom. The maximum absolute atomic E-state index is 5.62. The van der Waals surface area contributed by atoms with Gasteiger partial charge in [0.15, 0.2) is 0 Å². The fourth-order valence-corrected chi connectivity index (χ4v) is 1.33. The van der Waals surface area contributed by atoms with Gasteiger partial charge in [-0.25, -0.2) is 4.98 Å². The van der Waals surface area contributed by atoms with Crippen molar-refractivity contribution in [2.75, 3.05) is 0 Å². The highest BCUT2D eigenvalue weighted by Crippen LogP contribution is 2.21. The molecule has 2 aromatic heterocycles. The lowest BCUT2D eigenvalue weighted by molar-refractivity contribution is 0.537. The van der Waals surface area contributed by atoms with Gasteiger partial charge in [0.05, 0.1) is 17.6 Å². The van der Waals surface area contributed by atoms with E-state index in [1.165, 1.54) is 0 Å². The zero-order valence-electron chi connectivity index (χ0n) is 7.70. The molecule has 4 heteroatoms. The number of pyridine rings is 1. The van der Waals surface area contributed by atoms with E-state index in [0.717, 1.165) is 11.3 Å². The molecule has 2 heterocycles. The Balaban J connectivity index is 2.44. The van der Waals surface area contributed by atoms with Crippen molar-refractivity contribution in [1.82, 2.24) is 9.97 Å². The Morgan fingerprint density at radius 3 is 2.93 bits per heavy atom. The zero-order valence-corrected chi connectivity index (χ0v) is 8.45. The van der Waals surface area contributed by atoms with Crippen LogP contribution in [-0.2, 0) is 5.88 Å². The fourth-order valence-electron chi connectivity index (χ4n) is 1.20. The van der Waals surface area contributed by atoms with Gasteiger partial charge in [-0.2, -0.15) is 0 Å². The summed E-state index contributed by atoms with van der Waals surface area (Å²) in [5.74, 6) is 1.59. The van der Waals surface area contributed by atoms with E-state index in [9.17, 15) is 0 Å². The van der Waals surface area contributed by atoms with Crippen LogP contribution in [0.1, 0.15) is 11.5 Å². The molecule has 0 amide bonds. The van der Waals surface area contributed by atoms with E-state index in [4.69, 9.17) is 16.0 Å². The molecule has 14 heavy (non-hydrogen) atoms. The molecular weight excluding hydrogens is 200 g/mol. The van der Waals surface area contributed by atoms with Crippen molar-refractivity contribution in [3.8, 4) is 11.5 Å². The highest BCUT2D eigenvalue weighted by molar-refractivity contribution is 6.16. The van der Waals surface area contributed by atoms with Crippen molar-refractivity contribution in [3.63, 3.8) is 0 Å².